The quantitative estimate of drug-likeness (QED) is 0.936. The van der Waals surface area contributed by atoms with Gasteiger partial charge in [-0.2, -0.15) is 5.10 Å². The molecule has 1 aliphatic heterocycles. The molecule has 2 heterocycles. The standard InChI is InChI=1S/C18H25N5O/c1-21(2)17-9-6-10-22(14-17)18(24)19-11-15-12-20-23(13-15)16-7-4-3-5-8-16/h3-5,7-8,12-13,17H,6,9-11,14H2,1-2H3,(H,19,24). The first-order valence-electron chi connectivity index (χ1n) is 8.41. The van der Waals surface area contributed by atoms with Crippen molar-refractivity contribution in [3.63, 3.8) is 0 Å². The molecule has 0 aliphatic carbocycles. The third-order valence-electron chi connectivity index (χ3n) is 4.51. The van der Waals surface area contributed by atoms with Crippen LogP contribution in [0.4, 0.5) is 4.79 Å². The van der Waals surface area contributed by atoms with Gasteiger partial charge in [0.05, 0.1) is 11.9 Å². The van der Waals surface area contributed by atoms with Gasteiger partial charge >= 0.3 is 6.03 Å². The number of nitrogens with one attached hydrogen (secondary N) is 1. The molecule has 1 unspecified atom stereocenters. The van der Waals surface area contributed by atoms with E-state index in [9.17, 15) is 4.79 Å². The summed E-state index contributed by atoms with van der Waals surface area (Å²) in [5.41, 5.74) is 2.01. The van der Waals surface area contributed by atoms with E-state index >= 15 is 0 Å². The predicted octanol–water partition coefficient (Wildman–Crippen LogP) is 2.11. The second kappa shape index (κ2) is 7.49. The van der Waals surface area contributed by atoms with Crippen molar-refractivity contribution in [2.24, 2.45) is 0 Å². The second-order valence-corrected chi connectivity index (χ2v) is 6.49. The van der Waals surface area contributed by atoms with Crippen LogP contribution in [0.25, 0.3) is 5.69 Å². The number of piperidine rings is 1. The summed E-state index contributed by atoms with van der Waals surface area (Å²) < 4.78 is 1.82. The molecule has 128 valence electrons. The number of likely N-dealkylation sites (N-methyl/N-ethyl adjacent to an activating group) is 1. The highest BCUT2D eigenvalue weighted by atomic mass is 16.2. The van der Waals surface area contributed by atoms with Crippen LogP contribution in [0, 0.1) is 0 Å². The Morgan fingerprint density at radius 3 is 2.88 bits per heavy atom. The fourth-order valence-electron chi connectivity index (χ4n) is 3.02. The van der Waals surface area contributed by atoms with Gasteiger partial charge in [-0.05, 0) is 39.1 Å². The smallest absolute Gasteiger partial charge is 0.317 e. The Morgan fingerprint density at radius 2 is 2.12 bits per heavy atom. The van der Waals surface area contributed by atoms with E-state index in [0.717, 1.165) is 37.2 Å². The third-order valence-corrected chi connectivity index (χ3v) is 4.51. The molecule has 6 heteroatoms. The Morgan fingerprint density at radius 1 is 1.33 bits per heavy atom. The average molecular weight is 327 g/mol. The lowest BCUT2D eigenvalue weighted by atomic mass is 10.1. The number of amides is 2. The number of rotatable bonds is 4. The molecule has 0 spiro atoms. The van der Waals surface area contributed by atoms with Crippen molar-refractivity contribution in [2.75, 3.05) is 27.2 Å². The van der Waals surface area contributed by atoms with E-state index in [1.54, 1.807) is 6.20 Å². The number of aromatic nitrogens is 2. The van der Waals surface area contributed by atoms with Gasteiger partial charge < -0.3 is 15.1 Å². The number of carbonyl (C=O) groups is 1. The van der Waals surface area contributed by atoms with Crippen LogP contribution in [0.3, 0.4) is 0 Å². The zero-order valence-electron chi connectivity index (χ0n) is 14.4. The highest BCUT2D eigenvalue weighted by Crippen LogP contribution is 2.14. The first kappa shape index (κ1) is 16.5. The minimum Gasteiger partial charge on any atom is -0.334 e. The monoisotopic (exact) mass is 327 g/mol. The molecule has 3 rings (SSSR count). The molecule has 0 radical (unpaired) electrons. The van der Waals surface area contributed by atoms with Crippen molar-refractivity contribution < 1.29 is 4.79 Å². The van der Waals surface area contributed by atoms with Gasteiger partial charge in [0.15, 0.2) is 0 Å². The van der Waals surface area contributed by atoms with Crippen molar-refractivity contribution in [3.8, 4) is 5.69 Å². The van der Waals surface area contributed by atoms with Crippen LogP contribution < -0.4 is 5.32 Å². The van der Waals surface area contributed by atoms with Gasteiger partial charge in [-0.25, -0.2) is 9.48 Å². The largest absolute Gasteiger partial charge is 0.334 e. The Balaban J connectivity index is 1.54. The summed E-state index contributed by atoms with van der Waals surface area (Å²) in [6.07, 6.45) is 5.96. The molecule has 1 aromatic carbocycles. The minimum atomic E-state index is 0.00834. The fraction of sp³-hybridized carbons (Fsp3) is 0.444. The van der Waals surface area contributed by atoms with Gasteiger partial charge in [-0.1, -0.05) is 18.2 Å². The number of hydrogen-bond donors (Lipinski definition) is 1. The zero-order valence-corrected chi connectivity index (χ0v) is 14.4. The highest BCUT2D eigenvalue weighted by molar-refractivity contribution is 5.74. The molecule has 1 saturated heterocycles. The van der Waals surface area contributed by atoms with Gasteiger partial charge in [0.2, 0.25) is 0 Å². The summed E-state index contributed by atoms with van der Waals surface area (Å²) in [4.78, 5) is 16.5. The minimum absolute atomic E-state index is 0.00834. The van der Waals surface area contributed by atoms with Crippen molar-refractivity contribution in [2.45, 2.75) is 25.4 Å². The maximum atomic E-state index is 12.4. The normalized spacial score (nSPS) is 18.0. The number of urea groups is 1. The van der Waals surface area contributed by atoms with Gasteiger partial charge in [0, 0.05) is 37.4 Å². The van der Waals surface area contributed by atoms with Crippen LogP contribution in [0.5, 0.6) is 0 Å². The molecular weight excluding hydrogens is 302 g/mol. The highest BCUT2D eigenvalue weighted by Gasteiger charge is 2.24. The lowest BCUT2D eigenvalue weighted by Gasteiger charge is -2.36. The lowest BCUT2D eigenvalue weighted by Crippen LogP contribution is -2.50. The maximum Gasteiger partial charge on any atom is 0.317 e. The molecule has 1 aromatic heterocycles. The van der Waals surface area contributed by atoms with Crippen LogP contribution in [0.15, 0.2) is 42.7 Å². The van der Waals surface area contributed by atoms with Crippen LogP contribution in [-0.4, -0.2) is 58.8 Å². The van der Waals surface area contributed by atoms with E-state index < -0.39 is 0 Å². The van der Waals surface area contributed by atoms with Crippen LogP contribution in [0.2, 0.25) is 0 Å². The SMILES string of the molecule is CN(C)C1CCCN(C(=O)NCc2cnn(-c3ccccc3)c2)C1. The van der Waals surface area contributed by atoms with Gasteiger partial charge in [-0.15, -0.1) is 0 Å². The van der Waals surface area contributed by atoms with Crippen molar-refractivity contribution in [1.29, 1.82) is 0 Å². The number of hydrogen-bond acceptors (Lipinski definition) is 3. The van der Waals surface area contributed by atoms with Gasteiger partial charge in [0.1, 0.15) is 0 Å². The molecule has 6 nitrogen and oxygen atoms in total. The first-order chi connectivity index (χ1) is 11.6. The number of nitrogens with zero attached hydrogens (tertiary/aromatic N) is 4. The topological polar surface area (TPSA) is 53.4 Å². The van der Waals surface area contributed by atoms with E-state index in [1.807, 2.05) is 46.1 Å². The summed E-state index contributed by atoms with van der Waals surface area (Å²) in [6, 6.07) is 10.4. The van der Waals surface area contributed by atoms with Crippen LogP contribution in [-0.2, 0) is 6.54 Å². The number of benzene rings is 1. The van der Waals surface area contributed by atoms with Gasteiger partial charge in [-0.3, -0.25) is 0 Å². The predicted molar refractivity (Wildman–Crippen MR) is 94.1 cm³/mol. The van der Waals surface area contributed by atoms with Crippen molar-refractivity contribution in [3.05, 3.63) is 48.3 Å². The molecule has 2 aromatic rings. The molecule has 0 saturated carbocycles. The Kier molecular flexibility index (Phi) is 5.15. The molecule has 1 aliphatic rings. The summed E-state index contributed by atoms with van der Waals surface area (Å²) in [7, 11) is 4.15. The Labute approximate surface area is 143 Å². The van der Waals surface area contributed by atoms with E-state index in [-0.39, 0.29) is 6.03 Å². The molecule has 24 heavy (non-hydrogen) atoms. The molecular formula is C18H25N5O. The van der Waals surface area contributed by atoms with Crippen molar-refractivity contribution in [1.82, 2.24) is 24.9 Å². The Bertz CT molecular complexity index is 667. The van der Waals surface area contributed by atoms with E-state index in [2.05, 4.69) is 29.4 Å². The first-order valence-corrected chi connectivity index (χ1v) is 8.41. The van der Waals surface area contributed by atoms with Gasteiger partial charge in [0.25, 0.3) is 0 Å². The molecule has 0 bridgehead atoms. The second-order valence-electron chi connectivity index (χ2n) is 6.49. The van der Waals surface area contributed by atoms with E-state index in [0.29, 0.717) is 12.6 Å². The Hall–Kier alpha value is -2.34. The zero-order chi connectivity index (χ0) is 16.9. The molecule has 1 fully saturated rings. The molecule has 1 atom stereocenters. The summed E-state index contributed by atoms with van der Waals surface area (Å²) in [6.45, 7) is 2.12. The summed E-state index contributed by atoms with van der Waals surface area (Å²) in [5, 5.41) is 7.37. The molecule has 1 N–H and O–H groups in total. The number of likely N-dealkylation sites (tertiary alicyclic amines) is 1. The average Bonchev–Trinajstić information content (AvgIpc) is 3.09. The maximum absolute atomic E-state index is 12.4. The molecule has 2 amide bonds. The summed E-state index contributed by atoms with van der Waals surface area (Å²) in [5.74, 6) is 0. The van der Waals surface area contributed by atoms with E-state index in [1.165, 1.54) is 0 Å². The fourth-order valence-corrected chi connectivity index (χ4v) is 3.02. The van der Waals surface area contributed by atoms with Crippen molar-refractivity contribution >= 4 is 6.03 Å². The third kappa shape index (κ3) is 3.94. The van der Waals surface area contributed by atoms with Crippen LogP contribution in [0.1, 0.15) is 18.4 Å². The lowest BCUT2D eigenvalue weighted by molar-refractivity contribution is 0.140. The van der Waals surface area contributed by atoms with E-state index in [4.69, 9.17) is 0 Å². The van der Waals surface area contributed by atoms with Crippen LogP contribution >= 0.6 is 0 Å². The number of para-hydroxylation sites is 1. The number of carbonyl (C=O) groups excluding carboxylic acids is 1. The summed E-state index contributed by atoms with van der Waals surface area (Å²) >= 11 is 0.